The van der Waals surface area contributed by atoms with Crippen molar-refractivity contribution in [3.8, 4) is 0 Å². The predicted octanol–water partition coefficient (Wildman–Crippen LogP) is 2.57. The minimum absolute atomic E-state index is 0.0339. The van der Waals surface area contributed by atoms with E-state index in [4.69, 9.17) is 0 Å². The van der Waals surface area contributed by atoms with Gasteiger partial charge in [0.25, 0.3) is 0 Å². The number of aryl methyl sites for hydroxylation is 1. The molecule has 20 heavy (non-hydrogen) atoms. The highest BCUT2D eigenvalue weighted by atomic mass is 79.9. The zero-order valence-corrected chi connectivity index (χ0v) is 13.9. The average Bonchev–Trinajstić information content (AvgIpc) is 3.10. The Morgan fingerprint density at radius 3 is 2.80 bits per heavy atom. The first-order valence-corrected chi connectivity index (χ1v) is 8.43. The van der Waals surface area contributed by atoms with Crippen LogP contribution in [0.3, 0.4) is 0 Å². The third-order valence-corrected chi connectivity index (χ3v) is 4.88. The van der Waals surface area contributed by atoms with Gasteiger partial charge in [0.05, 0.1) is 10.3 Å². The molecule has 1 aliphatic rings. The second-order valence-electron chi connectivity index (χ2n) is 5.15. The van der Waals surface area contributed by atoms with E-state index in [0.717, 1.165) is 29.5 Å². The van der Waals surface area contributed by atoms with Crippen molar-refractivity contribution in [3.63, 3.8) is 0 Å². The van der Waals surface area contributed by atoms with Crippen molar-refractivity contribution in [3.05, 3.63) is 20.8 Å². The number of likely N-dealkylation sites (N-methyl/N-ethyl adjacent to an activating group) is 1. The average molecular weight is 359 g/mol. The molecule has 0 bridgehead atoms. The number of rotatable bonds is 7. The van der Waals surface area contributed by atoms with Crippen molar-refractivity contribution in [2.75, 3.05) is 13.6 Å². The summed E-state index contributed by atoms with van der Waals surface area (Å²) in [6.07, 6.45) is 4.35. The molecule has 110 valence electrons. The van der Waals surface area contributed by atoms with E-state index in [1.807, 2.05) is 6.07 Å². The van der Waals surface area contributed by atoms with E-state index >= 15 is 0 Å². The Kier molecular flexibility index (Phi) is 5.60. The first kappa shape index (κ1) is 15.5. The number of nitrogens with one attached hydrogen (secondary N) is 1. The van der Waals surface area contributed by atoms with Crippen LogP contribution in [0.2, 0.25) is 0 Å². The minimum atomic E-state index is -0.0504. The maximum absolute atomic E-state index is 11.9. The Morgan fingerprint density at radius 1 is 1.45 bits per heavy atom. The zero-order chi connectivity index (χ0) is 14.5. The van der Waals surface area contributed by atoms with Crippen LogP contribution >= 0.6 is 27.3 Å². The minimum Gasteiger partial charge on any atom is -0.352 e. The molecule has 4 nitrogen and oxygen atoms in total. The van der Waals surface area contributed by atoms with Crippen molar-refractivity contribution >= 4 is 39.1 Å². The second kappa shape index (κ2) is 7.22. The summed E-state index contributed by atoms with van der Waals surface area (Å²) in [7, 11) is 1.69. The van der Waals surface area contributed by atoms with Crippen molar-refractivity contribution in [1.82, 2.24) is 10.2 Å². The number of hydrogen-bond donors (Lipinski definition) is 1. The van der Waals surface area contributed by atoms with Gasteiger partial charge in [-0.15, -0.1) is 11.3 Å². The van der Waals surface area contributed by atoms with Gasteiger partial charge in [0.1, 0.15) is 0 Å². The van der Waals surface area contributed by atoms with Crippen LogP contribution in [0.4, 0.5) is 0 Å². The highest BCUT2D eigenvalue weighted by Gasteiger charge is 2.24. The lowest BCUT2D eigenvalue weighted by Crippen LogP contribution is -2.39. The van der Waals surface area contributed by atoms with Gasteiger partial charge in [-0.1, -0.05) is 0 Å². The highest BCUT2D eigenvalue weighted by molar-refractivity contribution is 9.11. The molecule has 0 radical (unpaired) electrons. The molecule has 1 fully saturated rings. The predicted molar refractivity (Wildman–Crippen MR) is 83.8 cm³/mol. The zero-order valence-electron chi connectivity index (χ0n) is 11.5. The first-order chi connectivity index (χ1) is 9.54. The lowest BCUT2D eigenvalue weighted by atomic mass is 10.2. The molecule has 0 unspecified atom stereocenters. The molecule has 0 aliphatic heterocycles. The van der Waals surface area contributed by atoms with Gasteiger partial charge >= 0.3 is 0 Å². The van der Waals surface area contributed by atoms with E-state index < -0.39 is 0 Å². The fourth-order valence-corrected chi connectivity index (χ4v) is 3.42. The number of thiophene rings is 1. The summed E-state index contributed by atoms with van der Waals surface area (Å²) in [6, 6.07) is 4.45. The molecule has 1 saturated carbocycles. The number of amides is 2. The van der Waals surface area contributed by atoms with Crippen LogP contribution < -0.4 is 5.32 Å². The summed E-state index contributed by atoms with van der Waals surface area (Å²) in [5, 5.41) is 2.89. The van der Waals surface area contributed by atoms with Crippen molar-refractivity contribution in [2.24, 2.45) is 0 Å². The first-order valence-electron chi connectivity index (χ1n) is 6.82. The van der Waals surface area contributed by atoms with Gasteiger partial charge in [0, 0.05) is 24.4 Å². The van der Waals surface area contributed by atoms with E-state index in [1.165, 1.54) is 9.78 Å². The van der Waals surface area contributed by atoms with Crippen LogP contribution in [-0.4, -0.2) is 36.3 Å². The summed E-state index contributed by atoms with van der Waals surface area (Å²) in [5.41, 5.74) is 0. The topological polar surface area (TPSA) is 49.4 Å². The van der Waals surface area contributed by atoms with Gasteiger partial charge in [0.2, 0.25) is 11.8 Å². The number of halogens is 1. The number of carbonyl (C=O) groups is 2. The summed E-state index contributed by atoms with van der Waals surface area (Å²) in [6.45, 7) is 0.167. The van der Waals surface area contributed by atoms with E-state index in [2.05, 4.69) is 27.3 Å². The molecule has 2 amide bonds. The molecule has 1 aromatic heterocycles. The molecular weight excluding hydrogens is 340 g/mol. The second-order valence-corrected chi connectivity index (χ2v) is 7.70. The summed E-state index contributed by atoms with van der Waals surface area (Å²) < 4.78 is 1.12. The molecule has 1 aromatic rings. The van der Waals surface area contributed by atoms with Crippen molar-refractivity contribution < 1.29 is 9.59 Å². The standard InChI is InChI=1S/C14H19BrN2O2S/c1-17(9-13(18)16-10-5-6-10)14(19)4-2-3-11-7-8-12(15)20-11/h7-8,10H,2-6,9H2,1H3,(H,16,18). The Bertz CT molecular complexity index is 485. The number of nitrogens with zero attached hydrogens (tertiary/aromatic N) is 1. The lowest BCUT2D eigenvalue weighted by molar-refractivity contribution is -0.134. The van der Waals surface area contributed by atoms with E-state index in [1.54, 1.807) is 18.4 Å². The SMILES string of the molecule is CN(CC(=O)NC1CC1)C(=O)CCCc1ccc(Br)s1. The summed E-state index contributed by atoms with van der Waals surface area (Å²) in [5.74, 6) is -0.0166. The van der Waals surface area contributed by atoms with Gasteiger partial charge in [-0.25, -0.2) is 0 Å². The molecule has 0 spiro atoms. The molecule has 0 atom stereocenters. The fraction of sp³-hybridized carbons (Fsp3) is 0.571. The molecule has 0 saturated heterocycles. The Hall–Kier alpha value is -0.880. The Labute approximate surface area is 131 Å². The molecule has 1 aliphatic carbocycles. The van der Waals surface area contributed by atoms with Gasteiger partial charge < -0.3 is 10.2 Å². The Balaban J connectivity index is 1.63. The van der Waals surface area contributed by atoms with Crippen molar-refractivity contribution in [1.29, 1.82) is 0 Å². The van der Waals surface area contributed by atoms with Crippen LogP contribution in [-0.2, 0) is 16.0 Å². The van der Waals surface area contributed by atoms with Gasteiger partial charge in [-0.2, -0.15) is 0 Å². The van der Waals surface area contributed by atoms with E-state index in [9.17, 15) is 9.59 Å². The molecular formula is C14H19BrN2O2S. The molecule has 2 rings (SSSR count). The number of hydrogen-bond acceptors (Lipinski definition) is 3. The summed E-state index contributed by atoms with van der Waals surface area (Å²) >= 11 is 5.13. The van der Waals surface area contributed by atoms with Gasteiger partial charge in [-0.05, 0) is 53.7 Å². The lowest BCUT2D eigenvalue weighted by Gasteiger charge is -2.16. The monoisotopic (exact) mass is 358 g/mol. The Morgan fingerprint density at radius 2 is 2.20 bits per heavy atom. The molecule has 1 heterocycles. The summed E-state index contributed by atoms with van der Waals surface area (Å²) in [4.78, 5) is 26.3. The van der Waals surface area contributed by atoms with Gasteiger partial charge in [0.15, 0.2) is 0 Å². The molecule has 1 N–H and O–H groups in total. The smallest absolute Gasteiger partial charge is 0.239 e. The van der Waals surface area contributed by atoms with Crippen LogP contribution in [0.5, 0.6) is 0 Å². The fourth-order valence-electron chi connectivity index (χ4n) is 1.90. The van der Waals surface area contributed by atoms with E-state index in [0.29, 0.717) is 12.5 Å². The maximum Gasteiger partial charge on any atom is 0.239 e. The largest absolute Gasteiger partial charge is 0.352 e. The van der Waals surface area contributed by atoms with Crippen LogP contribution in [0.25, 0.3) is 0 Å². The molecule has 0 aromatic carbocycles. The normalized spacial score (nSPS) is 14.1. The highest BCUT2D eigenvalue weighted by Crippen LogP contribution is 2.23. The third-order valence-electron chi connectivity index (χ3n) is 3.19. The van der Waals surface area contributed by atoms with Crippen LogP contribution in [0.15, 0.2) is 15.9 Å². The van der Waals surface area contributed by atoms with Crippen LogP contribution in [0, 0.1) is 0 Å². The van der Waals surface area contributed by atoms with Gasteiger partial charge in [-0.3, -0.25) is 9.59 Å². The maximum atomic E-state index is 11.9. The van der Waals surface area contributed by atoms with Crippen LogP contribution in [0.1, 0.15) is 30.6 Å². The molecule has 6 heteroatoms. The van der Waals surface area contributed by atoms with E-state index in [-0.39, 0.29) is 18.4 Å². The number of carbonyl (C=O) groups excluding carboxylic acids is 2. The quantitative estimate of drug-likeness (QED) is 0.814. The third kappa shape index (κ3) is 5.25. The van der Waals surface area contributed by atoms with Crippen molar-refractivity contribution in [2.45, 2.75) is 38.1 Å².